The predicted molar refractivity (Wildman–Crippen MR) is 68.3 cm³/mol. The van der Waals surface area contributed by atoms with E-state index in [-0.39, 0.29) is 11.3 Å². The summed E-state index contributed by atoms with van der Waals surface area (Å²) >= 11 is 7.72. The molecule has 1 amide bonds. The van der Waals surface area contributed by atoms with Crippen molar-refractivity contribution in [3.05, 3.63) is 22.4 Å². The monoisotopic (exact) mass is 257 g/mol. The van der Waals surface area contributed by atoms with E-state index < -0.39 is 0 Å². The van der Waals surface area contributed by atoms with Crippen LogP contribution in [0.2, 0.25) is 0 Å². The molecular formula is C12H16ClNOS. The summed E-state index contributed by atoms with van der Waals surface area (Å²) in [5.74, 6) is 0.476. The van der Waals surface area contributed by atoms with Gasteiger partial charge in [-0.2, -0.15) is 0 Å². The number of nitrogens with one attached hydrogen (secondary N) is 1. The number of carbonyl (C=O) groups is 1. The highest BCUT2D eigenvalue weighted by Gasteiger charge is 2.23. The standard InChI is InChI=1S/C12H16ClNOS/c13-10-5-2-1-4-9(10)8-14-12(15)11-6-3-7-16-11/h3,6-7,9-10H,1-2,4-5,8H2,(H,14,15). The Labute approximate surface area is 105 Å². The number of carbonyl (C=O) groups excluding carboxylic acids is 1. The van der Waals surface area contributed by atoms with E-state index >= 15 is 0 Å². The maximum Gasteiger partial charge on any atom is 0.261 e. The molecule has 1 heterocycles. The quantitative estimate of drug-likeness (QED) is 0.828. The van der Waals surface area contributed by atoms with Crippen molar-refractivity contribution in [2.24, 2.45) is 5.92 Å². The van der Waals surface area contributed by atoms with Gasteiger partial charge in [0.1, 0.15) is 0 Å². The summed E-state index contributed by atoms with van der Waals surface area (Å²) in [4.78, 5) is 12.5. The van der Waals surface area contributed by atoms with Crippen LogP contribution < -0.4 is 5.32 Å². The van der Waals surface area contributed by atoms with Crippen LogP contribution in [-0.2, 0) is 0 Å². The number of halogens is 1. The first kappa shape index (κ1) is 11.9. The van der Waals surface area contributed by atoms with Crippen LogP contribution in [-0.4, -0.2) is 17.8 Å². The molecule has 1 aliphatic carbocycles. The molecule has 1 aliphatic rings. The first-order valence-corrected chi connectivity index (χ1v) is 7.05. The first-order valence-electron chi connectivity index (χ1n) is 5.73. The van der Waals surface area contributed by atoms with Crippen LogP contribution in [0.5, 0.6) is 0 Å². The Morgan fingerprint density at radius 2 is 2.31 bits per heavy atom. The van der Waals surface area contributed by atoms with Gasteiger partial charge in [-0.15, -0.1) is 22.9 Å². The molecule has 16 heavy (non-hydrogen) atoms. The number of hydrogen-bond donors (Lipinski definition) is 1. The van der Waals surface area contributed by atoms with E-state index in [4.69, 9.17) is 11.6 Å². The number of thiophene rings is 1. The van der Waals surface area contributed by atoms with Gasteiger partial charge in [-0.1, -0.05) is 18.9 Å². The average Bonchev–Trinajstić information content (AvgIpc) is 2.81. The Morgan fingerprint density at radius 3 is 3.00 bits per heavy atom. The molecule has 4 heteroatoms. The van der Waals surface area contributed by atoms with Crippen molar-refractivity contribution >= 4 is 28.8 Å². The summed E-state index contributed by atoms with van der Waals surface area (Å²) in [7, 11) is 0. The van der Waals surface area contributed by atoms with Gasteiger partial charge in [0, 0.05) is 11.9 Å². The molecule has 0 spiro atoms. The van der Waals surface area contributed by atoms with Crippen LogP contribution in [0.4, 0.5) is 0 Å². The molecule has 0 radical (unpaired) electrons. The van der Waals surface area contributed by atoms with Crippen molar-refractivity contribution in [3.63, 3.8) is 0 Å². The first-order chi connectivity index (χ1) is 7.77. The Hall–Kier alpha value is -0.540. The maximum atomic E-state index is 11.7. The highest BCUT2D eigenvalue weighted by Crippen LogP contribution is 2.28. The van der Waals surface area contributed by atoms with Gasteiger partial charge >= 0.3 is 0 Å². The zero-order valence-corrected chi connectivity index (χ0v) is 10.7. The zero-order chi connectivity index (χ0) is 11.4. The third kappa shape index (κ3) is 2.98. The van der Waals surface area contributed by atoms with Crippen LogP contribution in [0, 0.1) is 5.92 Å². The fourth-order valence-corrected chi connectivity index (χ4v) is 3.12. The molecule has 1 N–H and O–H groups in total. The maximum absolute atomic E-state index is 11.7. The van der Waals surface area contributed by atoms with Gasteiger partial charge in [0.2, 0.25) is 0 Å². The predicted octanol–water partition coefficient (Wildman–Crippen LogP) is 3.28. The fraction of sp³-hybridized carbons (Fsp3) is 0.583. The van der Waals surface area contributed by atoms with E-state index in [0.29, 0.717) is 12.5 Å². The second-order valence-electron chi connectivity index (χ2n) is 4.25. The Balaban J connectivity index is 1.80. The minimum absolute atomic E-state index is 0.0319. The summed E-state index contributed by atoms with van der Waals surface area (Å²) in [6.07, 6.45) is 4.69. The van der Waals surface area contributed by atoms with E-state index in [2.05, 4.69) is 5.32 Å². The van der Waals surface area contributed by atoms with Gasteiger partial charge in [-0.05, 0) is 30.2 Å². The molecule has 2 unspecified atom stereocenters. The Bertz CT molecular complexity index is 339. The smallest absolute Gasteiger partial charge is 0.261 e. The molecule has 0 bridgehead atoms. The molecule has 1 fully saturated rings. The number of amides is 1. The Morgan fingerprint density at radius 1 is 1.50 bits per heavy atom. The van der Waals surface area contributed by atoms with E-state index in [0.717, 1.165) is 17.7 Å². The lowest BCUT2D eigenvalue weighted by molar-refractivity contribution is 0.0948. The van der Waals surface area contributed by atoms with Crippen molar-refractivity contribution in [2.75, 3.05) is 6.54 Å². The Kier molecular flexibility index (Phi) is 4.24. The van der Waals surface area contributed by atoms with Crippen molar-refractivity contribution in [2.45, 2.75) is 31.1 Å². The SMILES string of the molecule is O=C(NCC1CCCCC1Cl)c1cccs1. The van der Waals surface area contributed by atoms with Crippen LogP contribution in [0.3, 0.4) is 0 Å². The molecule has 2 nitrogen and oxygen atoms in total. The van der Waals surface area contributed by atoms with Crippen LogP contribution in [0.25, 0.3) is 0 Å². The molecule has 1 aromatic rings. The highest BCUT2D eigenvalue weighted by molar-refractivity contribution is 7.12. The van der Waals surface area contributed by atoms with Crippen LogP contribution in [0.15, 0.2) is 17.5 Å². The van der Waals surface area contributed by atoms with E-state index in [9.17, 15) is 4.79 Å². The minimum atomic E-state index is 0.0319. The number of hydrogen-bond acceptors (Lipinski definition) is 2. The van der Waals surface area contributed by atoms with E-state index in [1.54, 1.807) is 0 Å². The average molecular weight is 258 g/mol. The number of rotatable bonds is 3. The lowest BCUT2D eigenvalue weighted by Gasteiger charge is -2.26. The highest BCUT2D eigenvalue weighted by atomic mass is 35.5. The van der Waals surface area contributed by atoms with Gasteiger partial charge in [-0.25, -0.2) is 0 Å². The summed E-state index contributed by atoms with van der Waals surface area (Å²) in [5, 5.41) is 5.12. The van der Waals surface area contributed by atoms with Crippen molar-refractivity contribution in [1.29, 1.82) is 0 Å². The van der Waals surface area contributed by atoms with Crippen LogP contribution >= 0.6 is 22.9 Å². The van der Waals surface area contributed by atoms with Gasteiger partial charge in [0.05, 0.1) is 4.88 Å². The molecule has 88 valence electrons. The summed E-state index contributed by atoms with van der Waals surface area (Å²) < 4.78 is 0. The van der Waals surface area contributed by atoms with Crippen molar-refractivity contribution < 1.29 is 4.79 Å². The topological polar surface area (TPSA) is 29.1 Å². The van der Waals surface area contributed by atoms with E-state index in [1.165, 1.54) is 24.2 Å². The lowest BCUT2D eigenvalue weighted by Crippen LogP contribution is -2.34. The van der Waals surface area contributed by atoms with Crippen molar-refractivity contribution in [3.8, 4) is 0 Å². The van der Waals surface area contributed by atoms with Gasteiger partial charge in [0.25, 0.3) is 5.91 Å². The molecule has 0 aromatic carbocycles. The van der Waals surface area contributed by atoms with Crippen molar-refractivity contribution in [1.82, 2.24) is 5.32 Å². The summed E-state index contributed by atoms with van der Waals surface area (Å²) in [6, 6.07) is 3.74. The molecule has 0 aliphatic heterocycles. The number of alkyl halides is 1. The molecule has 1 saturated carbocycles. The minimum Gasteiger partial charge on any atom is -0.351 e. The summed E-state index contributed by atoms with van der Waals surface area (Å²) in [5.41, 5.74) is 0. The lowest BCUT2D eigenvalue weighted by atomic mass is 9.89. The van der Waals surface area contributed by atoms with E-state index in [1.807, 2.05) is 17.5 Å². The molecule has 2 atom stereocenters. The second-order valence-corrected chi connectivity index (χ2v) is 5.76. The summed E-state index contributed by atoms with van der Waals surface area (Å²) in [6.45, 7) is 0.713. The molecule has 2 rings (SSSR count). The van der Waals surface area contributed by atoms with Gasteiger partial charge in [0.15, 0.2) is 0 Å². The third-order valence-corrected chi connectivity index (χ3v) is 4.53. The third-order valence-electron chi connectivity index (χ3n) is 3.09. The van der Waals surface area contributed by atoms with Crippen LogP contribution in [0.1, 0.15) is 35.4 Å². The molecular weight excluding hydrogens is 242 g/mol. The van der Waals surface area contributed by atoms with Gasteiger partial charge < -0.3 is 5.32 Å². The normalized spacial score (nSPS) is 25.3. The van der Waals surface area contributed by atoms with Gasteiger partial charge in [-0.3, -0.25) is 4.79 Å². The largest absolute Gasteiger partial charge is 0.351 e. The molecule has 0 saturated heterocycles. The zero-order valence-electron chi connectivity index (χ0n) is 9.12. The second kappa shape index (κ2) is 5.69. The fourth-order valence-electron chi connectivity index (χ4n) is 2.11. The molecule has 1 aromatic heterocycles.